The lowest BCUT2D eigenvalue weighted by atomic mass is 10.0. The maximum absolute atomic E-state index is 11.6. The van der Waals surface area contributed by atoms with E-state index in [9.17, 15) is 4.79 Å². The smallest absolute Gasteiger partial charge is 0.225 e. The van der Waals surface area contributed by atoms with Gasteiger partial charge in [-0.1, -0.05) is 19.9 Å². The monoisotopic (exact) mass is 241 g/mol. The Morgan fingerprint density at radius 3 is 2.81 bits per heavy atom. The molecule has 4 heteroatoms. The molecule has 1 heterocycles. The lowest BCUT2D eigenvalue weighted by Crippen LogP contribution is -2.39. The minimum absolute atomic E-state index is 0.00829. The van der Waals surface area contributed by atoms with Crippen molar-refractivity contribution in [3.8, 4) is 0 Å². The fourth-order valence-electron chi connectivity index (χ4n) is 1.60. The molecule has 90 valence electrons. The number of rotatable bonds is 6. The summed E-state index contributed by atoms with van der Waals surface area (Å²) in [5, 5.41) is 14.0. The molecule has 0 saturated carbocycles. The van der Waals surface area contributed by atoms with Crippen LogP contribution < -0.4 is 5.32 Å². The predicted octanol–water partition coefficient (Wildman–Crippen LogP) is 1.81. The highest BCUT2D eigenvalue weighted by Gasteiger charge is 2.13. The third kappa shape index (κ3) is 4.77. The third-order valence-corrected chi connectivity index (χ3v) is 3.13. The van der Waals surface area contributed by atoms with Gasteiger partial charge < -0.3 is 10.4 Å². The van der Waals surface area contributed by atoms with Crippen LogP contribution in [0.25, 0.3) is 0 Å². The van der Waals surface area contributed by atoms with Gasteiger partial charge in [0.15, 0.2) is 0 Å². The molecule has 0 saturated heterocycles. The number of carbonyl (C=O) groups excluding carboxylic acids is 1. The van der Waals surface area contributed by atoms with Crippen LogP contribution in [-0.4, -0.2) is 23.7 Å². The fourth-order valence-corrected chi connectivity index (χ4v) is 2.30. The molecule has 1 aromatic rings. The number of amides is 1. The van der Waals surface area contributed by atoms with E-state index in [0.717, 1.165) is 11.3 Å². The molecule has 1 rings (SSSR count). The summed E-state index contributed by atoms with van der Waals surface area (Å²) in [4.78, 5) is 12.7. The quantitative estimate of drug-likeness (QED) is 0.798. The van der Waals surface area contributed by atoms with E-state index < -0.39 is 0 Å². The number of aliphatic hydroxyl groups excluding tert-OH is 1. The van der Waals surface area contributed by atoms with E-state index in [2.05, 4.69) is 19.2 Å². The van der Waals surface area contributed by atoms with Crippen molar-refractivity contribution in [2.24, 2.45) is 5.92 Å². The van der Waals surface area contributed by atoms with Crippen molar-refractivity contribution < 1.29 is 9.90 Å². The Labute approximate surface area is 100 Å². The highest BCUT2D eigenvalue weighted by Crippen LogP contribution is 2.10. The molecule has 1 amide bonds. The van der Waals surface area contributed by atoms with Crippen LogP contribution in [-0.2, 0) is 11.2 Å². The fraction of sp³-hybridized carbons (Fsp3) is 0.583. The van der Waals surface area contributed by atoms with Gasteiger partial charge in [0, 0.05) is 4.88 Å². The minimum atomic E-state index is -0.118. The van der Waals surface area contributed by atoms with Crippen LogP contribution >= 0.6 is 11.3 Å². The molecule has 0 bridgehead atoms. The zero-order valence-electron chi connectivity index (χ0n) is 9.77. The van der Waals surface area contributed by atoms with Crippen LogP contribution in [0.15, 0.2) is 17.5 Å². The average Bonchev–Trinajstić information content (AvgIpc) is 2.68. The van der Waals surface area contributed by atoms with Crippen molar-refractivity contribution in [2.75, 3.05) is 6.61 Å². The summed E-state index contributed by atoms with van der Waals surface area (Å²) in [5.74, 6) is 0.460. The normalized spacial score (nSPS) is 12.8. The predicted molar refractivity (Wildman–Crippen MR) is 66.5 cm³/mol. The van der Waals surface area contributed by atoms with Crippen LogP contribution in [0.4, 0.5) is 0 Å². The Morgan fingerprint density at radius 1 is 1.56 bits per heavy atom. The maximum Gasteiger partial charge on any atom is 0.225 e. The summed E-state index contributed by atoms with van der Waals surface area (Å²) >= 11 is 1.58. The molecule has 0 aromatic carbocycles. The number of thiophene rings is 1. The number of hydrogen-bond acceptors (Lipinski definition) is 3. The molecule has 1 atom stereocenters. The minimum Gasteiger partial charge on any atom is -0.394 e. The van der Waals surface area contributed by atoms with Crippen LogP contribution in [0.3, 0.4) is 0 Å². The Kier molecular flexibility index (Phi) is 5.49. The molecule has 0 spiro atoms. The molecule has 0 radical (unpaired) electrons. The second kappa shape index (κ2) is 6.66. The van der Waals surface area contributed by atoms with Gasteiger partial charge in [0.05, 0.1) is 19.1 Å². The van der Waals surface area contributed by atoms with Gasteiger partial charge >= 0.3 is 0 Å². The van der Waals surface area contributed by atoms with E-state index in [-0.39, 0.29) is 18.6 Å². The van der Waals surface area contributed by atoms with E-state index in [1.807, 2.05) is 17.5 Å². The molecule has 0 aliphatic rings. The zero-order chi connectivity index (χ0) is 12.0. The van der Waals surface area contributed by atoms with E-state index in [1.54, 1.807) is 11.3 Å². The lowest BCUT2D eigenvalue weighted by Gasteiger charge is -2.17. The van der Waals surface area contributed by atoms with E-state index in [4.69, 9.17) is 5.11 Å². The second-order valence-electron chi connectivity index (χ2n) is 4.33. The molecule has 3 nitrogen and oxygen atoms in total. The van der Waals surface area contributed by atoms with Gasteiger partial charge in [-0.25, -0.2) is 0 Å². The van der Waals surface area contributed by atoms with Gasteiger partial charge in [0.25, 0.3) is 0 Å². The van der Waals surface area contributed by atoms with Crippen molar-refractivity contribution in [1.82, 2.24) is 5.32 Å². The first-order valence-electron chi connectivity index (χ1n) is 5.54. The maximum atomic E-state index is 11.6. The Morgan fingerprint density at radius 2 is 2.31 bits per heavy atom. The van der Waals surface area contributed by atoms with Crippen LogP contribution in [0.5, 0.6) is 0 Å². The second-order valence-corrected chi connectivity index (χ2v) is 5.36. The van der Waals surface area contributed by atoms with Crippen molar-refractivity contribution >= 4 is 17.2 Å². The van der Waals surface area contributed by atoms with E-state index in [0.29, 0.717) is 12.3 Å². The summed E-state index contributed by atoms with van der Waals surface area (Å²) in [5.41, 5.74) is 0. The Bertz CT molecular complexity index is 309. The van der Waals surface area contributed by atoms with E-state index >= 15 is 0 Å². The first-order valence-corrected chi connectivity index (χ1v) is 6.42. The molecule has 2 N–H and O–H groups in total. The van der Waals surface area contributed by atoms with Crippen LogP contribution in [0.2, 0.25) is 0 Å². The van der Waals surface area contributed by atoms with Crippen LogP contribution in [0.1, 0.15) is 25.1 Å². The SMILES string of the molecule is CC(C)CC(CO)NC(=O)Cc1cccs1. The van der Waals surface area contributed by atoms with Crippen molar-refractivity contribution in [3.05, 3.63) is 22.4 Å². The molecule has 0 fully saturated rings. The van der Waals surface area contributed by atoms with Gasteiger partial charge in [0.2, 0.25) is 5.91 Å². The van der Waals surface area contributed by atoms with Crippen molar-refractivity contribution in [2.45, 2.75) is 32.7 Å². The van der Waals surface area contributed by atoms with Gasteiger partial charge in [-0.2, -0.15) is 0 Å². The number of nitrogens with one attached hydrogen (secondary N) is 1. The highest BCUT2D eigenvalue weighted by atomic mass is 32.1. The molecular weight excluding hydrogens is 222 g/mol. The van der Waals surface area contributed by atoms with E-state index in [1.165, 1.54) is 0 Å². The first-order chi connectivity index (χ1) is 7.61. The zero-order valence-corrected chi connectivity index (χ0v) is 10.6. The molecular formula is C12H19NO2S. The van der Waals surface area contributed by atoms with Crippen molar-refractivity contribution in [1.29, 1.82) is 0 Å². The first kappa shape index (κ1) is 13.2. The largest absolute Gasteiger partial charge is 0.394 e. The summed E-state index contributed by atoms with van der Waals surface area (Å²) in [7, 11) is 0. The van der Waals surface area contributed by atoms with Gasteiger partial charge in [0.1, 0.15) is 0 Å². The van der Waals surface area contributed by atoms with Crippen molar-refractivity contribution in [3.63, 3.8) is 0 Å². The Balaban J connectivity index is 2.37. The van der Waals surface area contributed by atoms with Crippen LogP contribution in [0, 0.1) is 5.92 Å². The number of carbonyl (C=O) groups is 1. The lowest BCUT2D eigenvalue weighted by molar-refractivity contribution is -0.121. The summed E-state index contributed by atoms with van der Waals surface area (Å²) < 4.78 is 0. The molecule has 0 aliphatic heterocycles. The third-order valence-electron chi connectivity index (χ3n) is 2.26. The molecule has 1 aromatic heterocycles. The highest BCUT2D eigenvalue weighted by molar-refractivity contribution is 7.10. The topological polar surface area (TPSA) is 49.3 Å². The molecule has 1 unspecified atom stereocenters. The standard InChI is InChI=1S/C12H19NO2S/c1-9(2)6-10(8-14)13-12(15)7-11-4-3-5-16-11/h3-5,9-10,14H,6-8H2,1-2H3,(H,13,15). The average molecular weight is 241 g/mol. The molecule has 0 aliphatic carbocycles. The van der Waals surface area contributed by atoms with Gasteiger partial charge in [-0.3, -0.25) is 4.79 Å². The van der Waals surface area contributed by atoms with Gasteiger partial charge in [-0.15, -0.1) is 11.3 Å². The van der Waals surface area contributed by atoms with Gasteiger partial charge in [-0.05, 0) is 23.8 Å². The summed E-state index contributed by atoms with van der Waals surface area (Å²) in [6, 6.07) is 3.76. The number of hydrogen-bond donors (Lipinski definition) is 2. The molecule has 16 heavy (non-hydrogen) atoms. The Hall–Kier alpha value is -0.870. The summed E-state index contributed by atoms with van der Waals surface area (Å²) in [6.07, 6.45) is 1.22. The number of aliphatic hydroxyl groups is 1. The summed E-state index contributed by atoms with van der Waals surface area (Å²) in [6.45, 7) is 4.16.